The van der Waals surface area contributed by atoms with Crippen molar-refractivity contribution in [1.82, 2.24) is 0 Å². The number of esters is 1. The third kappa shape index (κ3) is 2.11. The van der Waals surface area contributed by atoms with Crippen molar-refractivity contribution in [2.75, 3.05) is 6.79 Å². The molecule has 2 aliphatic rings. The Balaban J connectivity index is 1.82. The summed E-state index contributed by atoms with van der Waals surface area (Å²) in [5, 5.41) is 9.65. The summed E-state index contributed by atoms with van der Waals surface area (Å²) in [4.78, 5) is 24.0. The number of hydrogen-bond donors (Lipinski definition) is 1. The number of fused-ring (bicyclic) bond motifs is 2. The smallest absolute Gasteiger partial charge is 0.339 e. The molecule has 0 fully saturated rings. The van der Waals surface area contributed by atoms with E-state index in [0.29, 0.717) is 22.6 Å². The van der Waals surface area contributed by atoms with Crippen LogP contribution in [0.5, 0.6) is 11.5 Å². The number of ether oxygens (including phenoxy) is 3. The predicted molar refractivity (Wildman–Crippen MR) is 77.5 cm³/mol. The van der Waals surface area contributed by atoms with Crippen molar-refractivity contribution in [3.63, 3.8) is 0 Å². The van der Waals surface area contributed by atoms with E-state index in [2.05, 4.69) is 0 Å². The molecule has 0 saturated heterocycles. The van der Waals surface area contributed by atoms with Crippen molar-refractivity contribution in [2.45, 2.75) is 12.0 Å². The Labute approximate surface area is 131 Å². The average molecular weight is 312 g/mol. The maximum atomic E-state index is 12.2. The molecule has 23 heavy (non-hydrogen) atoms. The number of carbonyl (C=O) groups excluding carboxylic acids is 1. The van der Waals surface area contributed by atoms with E-state index < -0.39 is 24.0 Å². The SMILES string of the molecule is O=C1O[C@H](c2ccc3c(c2)OCO3)[C@@H](C(=O)O)c2ccccc21. The van der Waals surface area contributed by atoms with Crippen molar-refractivity contribution in [2.24, 2.45) is 0 Å². The molecule has 0 amide bonds. The van der Waals surface area contributed by atoms with Crippen LogP contribution in [0.25, 0.3) is 0 Å². The van der Waals surface area contributed by atoms with Crippen molar-refractivity contribution in [1.29, 1.82) is 0 Å². The lowest BCUT2D eigenvalue weighted by molar-refractivity contribution is -0.142. The lowest BCUT2D eigenvalue weighted by Crippen LogP contribution is -2.31. The van der Waals surface area contributed by atoms with Gasteiger partial charge in [-0.05, 0) is 29.3 Å². The average Bonchev–Trinajstić information content (AvgIpc) is 3.02. The molecule has 2 heterocycles. The number of rotatable bonds is 2. The molecular weight excluding hydrogens is 300 g/mol. The highest BCUT2D eigenvalue weighted by Gasteiger charge is 2.41. The van der Waals surface area contributed by atoms with E-state index >= 15 is 0 Å². The molecule has 2 aromatic rings. The van der Waals surface area contributed by atoms with Gasteiger partial charge in [-0.25, -0.2) is 4.79 Å². The zero-order chi connectivity index (χ0) is 16.0. The molecule has 2 atom stereocenters. The van der Waals surface area contributed by atoms with E-state index in [4.69, 9.17) is 14.2 Å². The zero-order valence-electron chi connectivity index (χ0n) is 11.9. The summed E-state index contributed by atoms with van der Waals surface area (Å²) in [7, 11) is 0. The van der Waals surface area contributed by atoms with Crippen LogP contribution >= 0.6 is 0 Å². The number of benzene rings is 2. The molecule has 0 saturated carbocycles. The van der Waals surface area contributed by atoms with Gasteiger partial charge in [0.05, 0.1) is 5.56 Å². The highest BCUT2D eigenvalue weighted by Crippen LogP contribution is 2.43. The van der Waals surface area contributed by atoms with Crippen LogP contribution in [0.4, 0.5) is 0 Å². The van der Waals surface area contributed by atoms with Gasteiger partial charge in [-0.2, -0.15) is 0 Å². The van der Waals surface area contributed by atoms with Crippen LogP contribution in [0, 0.1) is 0 Å². The number of hydrogen-bond acceptors (Lipinski definition) is 5. The first-order valence-corrected chi connectivity index (χ1v) is 7.07. The molecule has 0 aromatic heterocycles. The van der Waals surface area contributed by atoms with Crippen LogP contribution in [0.1, 0.15) is 33.5 Å². The second-order valence-electron chi connectivity index (χ2n) is 5.34. The topological polar surface area (TPSA) is 82.1 Å². The molecule has 0 aliphatic carbocycles. The summed E-state index contributed by atoms with van der Waals surface area (Å²) in [6.07, 6.45) is -0.913. The Kier molecular flexibility index (Phi) is 2.97. The second kappa shape index (κ2) is 5.01. The molecule has 6 nitrogen and oxygen atoms in total. The van der Waals surface area contributed by atoms with Gasteiger partial charge in [0.2, 0.25) is 6.79 Å². The summed E-state index contributed by atoms with van der Waals surface area (Å²) in [5.74, 6) is -1.44. The van der Waals surface area contributed by atoms with Gasteiger partial charge in [0.1, 0.15) is 12.0 Å². The lowest BCUT2D eigenvalue weighted by atomic mass is 9.84. The fraction of sp³-hybridized carbons (Fsp3) is 0.176. The fourth-order valence-electron chi connectivity index (χ4n) is 2.98. The third-order valence-electron chi connectivity index (χ3n) is 4.04. The van der Waals surface area contributed by atoms with Gasteiger partial charge >= 0.3 is 11.9 Å². The minimum atomic E-state index is -1.05. The minimum Gasteiger partial charge on any atom is -0.481 e. The summed E-state index contributed by atoms with van der Waals surface area (Å²) < 4.78 is 16.0. The van der Waals surface area contributed by atoms with Crippen LogP contribution in [0.15, 0.2) is 42.5 Å². The van der Waals surface area contributed by atoms with E-state index in [0.717, 1.165) is 0 Å². The molecule has 116 valence electrons. The summed E-state index contributed by atoms with van der Waals surface area (Å²) >= 11 is 0. The van der Waals surface area contributed by atoms with Crippen molar-refractivity contribution >= 4 is 11.9 Å². The monoisotopic (exact) mass is 312 g/mol. The molecular formula is C17H12O6. The first-order valence-electron chi connectivity index (χ1n) is 7.07. The fourth-order valence-corrected chi connectivity index (χ4v) is 2.98. The lowest BCUT2D eigenvalue weighted by Gasteiger charge is -2.30. The first-order chi connectivity index (χ1) is 11.1. The van der Waals surface area contributed by atoms with E-state index in [1.165, 1.54) is 0 Å². The predicted octanol–water partition coefficient (Wildman–Crippen LogP) is 2.50. The minimum absolute atomic E-state index is 0.119. The van der Waals surface area contributed by atoms with Crippen LogP contribution < -0.4 is 9.47 Å². The third-order valence-corrected chi connectivity index (χ3v) is 4.04. The summed E-state index contributed by atoms with van der Waals surface area (Å²) in [5.41, 5.74) is 1.31. The summed E-state index contributed by atoms with van der Waals surface area (Å²) in [6, 6.07) is 11.6. The molecule has 0 unspecified atom stereocenters. The molecule has 2 aliphatic heterocycles. The Bertz CT molecular complexity index is 812. The number of cyclic esters (lactones) is 1. The molecule has 0 radical (unpaired) electrons. The van der Waals surface area contributed by atoms with Gasteiger partial charge in [-0.15, -0.1) is 0 Å². The van der Waals surface area contributed by atoms with Gasteiger partial charge in [-0.1, -0.05) is 24.3 Å². The molecule has 6 heteroatoms. The number of carboxylic acids is 1. The molecule has 2 aromatic carbocycles. The van der Waals surface area contributed by atoms with Gasteiger partial charge in [0.15, 0.2) is 11.5 Å². The number of carboxylic acid groups (broad SMARTS) is 1. The van der Waals surface area contributed by atoms with Gasteiger partial charge < -0.3 is 19.3 Å². The van der Waals surface area contributed by atoms with E-state index in [1.807, 2.05) is 0 Å². The Morgan fingerprint density at radius 2 is 1.87 bits per heavy atom. The Hall–Kier alpha value is -3.02. The quantitative estimate of drug-likeness (QED) is 0.858. The van der Waals surface area contributed by atoms with Crippen LogP contribution in [-0.4, -0.2) is 23.8 Å². The zero-order valence-corrected chi connectivity index (χ0v) is 11.9. The molecule has 0 spiro atoms. The van der Waals surface area contributed by atoms with E-state index in [-0.39, 0.29) is 12.4 Å². The van der Waals surface area contributed by atoms with Gasteiger partial charge in [-0.3, -0.25) is 4.79 Å². The van der Waals surface area contributed by atoms with Crippen molar-refractivity contribution < 1.29 is 28.9 Å². The van der Waals surface area contributed by atoms with E-state index in [9.17, 15) is 14.7 Å². The van der Waals surface area contributed by atoms with Crippen molar-refractivity contribution in [3.05, 3.63) is 59.2 Å². The highest BCUT2D eigenvalue weighted by atomic mass is 16.7. The van der Waals surface area contributed by atoms with Gasteiger partial charge in [0.25, 0.3) is 0 Å². The standard InChI is InChI=1S/C17H12O6/c18-16(19)14-10-3-1-2-4-11(10)17(20)23-15(14)9-5-6-12-13(7-9)22-8-21-12/h1-7,14-15H,8H2,(H,18,19)/t14-,15+/m0/s1. The Morgan fingerprint density at radius 1 is 1.09 bits per heavy atom. The molecule has 4 rings (SSSR count). The number of carbonyl (C=O) groups is 2. The van der Waals surface area contributed by atoms with Crippen LogP contribution in [0.2, 0.25) is 0 Å². The van der Waals surface area contributed by atoms with Crippen LogP contribution in [-0.2, 0) is 9.53 Å². The first kappa shape index (κ1) is 13.6. The maximum Gasteiger partial charge on any atom is 0.339 e. The maximum absolute atomic E-state index is 12.2. The largest absolute Gasteiger partial charge is 0.481 e. The second-order valence-corrected chi connectivity index (χ2v) is 5.34. The van der Waals surface area contributed by atoms with E-state index in [1.54, 1.807) is 42.5 Å². The van der Waals surface area contributed by atoms with Gasteiger partial charge in [0, 0.05) is 0 Å². The molecule has 1 N–H and O–H groups in total. The van der Waals surface area contributed by atoms with Crippen LogP contribution in [0.3, 0.4) is 0 Å². The summed E-state index contributed by atoms with van der Waals surface area (Å²) in [6.45, 7) is 0.119. The number of aliphatic carboxylic acids is 1. The normalized spacial score (nSPS) is 21.5. The Morgan fingerprint density at radius 3 is 2.70 bits per heavy atom. The highest BCUT2D eigenvalue weighted by molar-refractivity contribution is 5.96. The molecule has 0 bridgehead atoms. The van der Waals surface area contributed by atoms with Crippen molar-refractivity contribution in [3.8, 4) is 11.5 Å².